The molecule has 0 aliphatic carbocycles. The van der Waals surface area contributed by atoms with Gasteiger partial charge in [0.2, 0.25) is 0 Å². The first-order chi connectivity index (χ1) is 6.73. The van der Waals surface area contributed by atoms with Crippen molar-refractivity contribution in [2.75, 3.05) is 0 Å². The van der Waals surface area contributed by atoms with Crippen LogP contribution in [0.2, 0.25) is 0 Å². The van der Waals surface area contributed by atoms with E-state index in [4.69, 9.17) is 5.11 Å². The molecule has 0 aromatic heterocycles. The highest BCUT2D eigenvalue weighted by atomic mass is 79.9. The molecule has 0 heterocycles. The average molecular weight is 283 g/mol. The first-order valence-corrected chi connectivity index (χ1v) is 4.63. The Morgan fingerprint density at radius 1 is 1.47 bits per heavy atom. The number of aromatic carboxylic acids is 1. The number of benzene rings is 1. The average Bonchev–Trinajstić information content (AvgIpc) is 2.06. The van der Waals surface area contributed by atoms with Crippen molar-refractivity contribution in [2.24, 2.45) is 0 Å². The van der Waals surface area contributed by atoms with Crippen LogP contribution in [0.15, 0.2) is 16.6 Å². The second-order valence-corrected chi connectivity index (χ2v) is 3.86. The SMILES string of the molecule is CC(F)(F)c1cc(F)c(C(=O)O)cc1Br. The molecule has 1 aromatic carbocycles. The molecule has 0 radical (unpaired) electrons. The Hall–Kier alpha value is -1.04. The topological polar surface area (TPSA) is 37.3 Å². The van der Waals surface area contributed by atoms with Gasteiger partial charge in [-0.25, -0.2) is 18.0 Å². The Labute approximate surface area is 91.8 Å². The molecule has 0 fully saturated rings. The molecule has 0 saturated carbocycles. The van der Waals surface area contributed by atoms with E-state index in [1.807, 2.05) is 0 Å². The predicted octanol–water partition coefficient (Wildman–Crippen LogP) is 3.40. The molecule has 6 heteroatoms. The second-order valence-electron chi connectivity index (χ2n) is 3.01. The van der Waals surface area contributed by atoms with Gasteiger partial charge in [-0.2, -0.15) is 0 Å². The van der Waals surface area contributed by atoms with E-state index in [2.05, 4.69) is 15.9 Å². The van der Waals surface area contributed by atoms with Gasteiger partial charge in [-0.15, -0.1) is 0 Å². The zero-order valence-corrected chi connectivity index (χ0v) is 9.11. The van der Waals surface area contributed by atoms with Crippen LogP contribution in [0.1, 0.15) is 22.8 Å². The van der Waals surface area contributed by atoms with Crippen molar-refractivity contribution < 1.29 is 23.1 Å². The molecule has 1 rings (SSSR count). The molecule has 0 unspecified atom stereocenters. The van der Waals surface area contributed by atoms with Crippen LogP contribution in [0.4, 0.5) is 13.2 Å². The van der Waals surface area contributed by atoms with Gasteiger partial charge in [-0.1, -0.05) is 15.9 Å². The van der Waals surface area contributed by atoms with Crippen molar-refractivity contribution in [3.63, 3.8) is 0 Å². The highest BCUT2D eigenvalue weighted by Gasteiger charge is 2.29. The van der Waals surface area contributed by atoms with Crippen LogP contribution in [0, 0.1) is 5.82 Å². The quantitative estimate of drug-likeness (QED) is 0.903. The number of carboxylic acid groups (broad SMARTS) is 1. The van der Waals surface area contributed by atoms with Crippen molar-refractivity contribution in [3.8, 4) is 0 Å². The maximum Gasteiger partial charge on any atom is 0.338 e. The van der Waals surface area contributed by atoms with E-state index in [9.17, 15) is 18.0 Å². The minimum atomic E-state index is -3.23. The molecule has 0 saturated heterocycles. The molecule has 1 N–H and O–H groups in total. The third-order valence-corrected chi connectivity index (χ3v) is 2.42. The molecule has 0 atom stereocenters. The maximum absolute atomic E-state index is 13.1. The summed E-state index contributed by atoms with van der Waals surface area (Å²) in [5.74, 6) is -5.90. The van der Waals surface area contributed by atoms with Crippen LogP contribution in [-0.2, 0) is 5.92 Å². The second kappa shape index (κ2) is 3.84. The fourth-order valence-corrected chi connectivity index (χ4v) is 1.74. The third-order valence-electron chi connectivity index (χ3n) is 1.76. The van der Waals surface area contributed by atoms with E-state index in [0.29, 0.717) is 13.0 Å². The first kappa shape index (κ1) is 12.0. The van der Waals surface area contributed by atoms with Gasteiger partial charge >= 0.3 is 5.97 Å². The molecule has 1 aromatic rings. The van der Waals surface area contributed by atoms with E-state index in [0.717, 1.165) is 6.07 Å². The maximum atomic E-state index is 13.1. The molecule has 2 nitrogen and oxygen atoms in total. The molecule has 82 valence electrons. The Morgan fingerprint density at radius 3 is 2.40 bits per heavy atom. The summed E-state index contributed by atoms with van der Waals surface area (Å²) in [7, 11) is 0. The fourth-order valence-electron chi connectivity index (χ4n) is 1.05. The summed E-state index contributed by atoms with van der Waals surface area (Å²) in [5.41, 5.74) is -1.22. The molecular weight excluding hydrogens is 277 g/mol. The van der Waals surface area contributed by atoms with Crippen molar-refractivity contribution in [3.05, 3.63) is 33.5 Å². The number of hydrogen-bond acceptors (Lipinski definition) is 1. The van der Waals surface area contributed by atoms with Crippen molar-refractivity contribution in [1.29, 1.82) is 0 Å². The highest BCUT2D eigenvalue weighted by molar-refractivity contribution is 9.10. The Balaban J connectivity index is 3.39. The van der Waals surface area contributed by atoms with Crippen molar-refractivity contribution in [1.82, 2.24) is 0 Å². The molecule has 0 spiro atoms. The summed E-state index contributed by atoms with van der Waals surface area (Å²) < 4.78 is 38.7. The lowest BCUT2D eigenvalue weighted by Gasteiger charge is -2.13. The van der Waals surface area contributed by atoms with Gasteiger partial charge in [-0.3, -0.25) is 0 Å². The minimum Gasteiger partial charge on any atom is -0.478 e. The van der Waals surface area contributed by atoms with Crippen LogP contribution in [-0.4, -0.2) is 11.1 Å². The van der Waals surface area contributed by atoms with E-state index in [1.165, 1.54) is 0 Å². The summed E-state index contributed by atoms with van der Waals surface area (Å²) in [5, 5.41) is 8.54. The Bertz CT molecular complexity index is 413. The molecular formula is C9H6BrF3O2. The fraction of sp³-hybridized carbons (Fsp3) is 0.222. The van der Waals surface area contributed by atoms with Crippen LogP contribution < -0.4 is 0 Å². The van der Waals surface area contributed by atoms with Crippen LogP contribution in [0.5, 0.6) is 0 Å². The van der Waals surface area contributed by atoms with Crippen LogP contribution >= 0.6 is 15.9 Å². The van der Waals surface area contributed by atoms with Gasteiger partial charge < -0.3 is 5.11 Å². The van der Waals surface area contributed by atoms with Gasteiger partial charge in [0.25, 0.3) is 5.92 Å². The standard InChI is InChI=1S/C9H6BrF3O2/c1-9(12,13)5-3-7(11)4(8(14)15)2-6(5)10/h2-3H,1H3,(H,14,15). The highest BCUT2D eigenvalue weighted by Crippen LogP contribution is 2.34. The zero-order chi connectivity index (χ0) is 11.8. The normalized spacial score (nSPS) is 11.5. The van der Waals surface area contributed by atoms with Crippen molar-refractivity contribution in [2.45, 2.75) is 12.8 Å². The number of rotatable bonds is 2. The van der Waals surface area contributed by atoms with E-state index >= 15 is 0 Å². The lowest BCUT2D eigenvalue weighted by atomic mass is 10.1. The molecule has 0 aliphatic heterocycles. The van der Waals surface area contributed by atoms with E-state index in [-0.39, 0.29) is 4.47 Å². The number of alkyl halides is 2. The van der Waals surface area contributed by atoms with E-state index in [1.54, 1.807) is 0 Å². The number of hydrogen-bond donors (Lipinski definition) is 1. The first-order valence-electron chi connectivity index (χ1n) is 3.84. The summed E-state index contributed by atoms with van der Waals surface area (Å²) >= 11 is 2.78. The molecule has 15 heavy (non-hydrogen) atoms. The largest absolute Gasteiger partial charge is 0.478 e. The van der Waals surface area contributed by atoms with Gasteiger partial charge in [0.1, 0.15) is 5.82 Å². The third kappa shape index (κ3) is 2.50. The van der Waals surface area contributed by atoms with Gasteiger partial charge in [0.05, 0.1) is 5.56 Å². The number of halogens is 4. The smallest absolute Gasteiger partial charge is 0.338 e. The van der Waals surface area contributed by atoms with Crippen LogP contribution in [0.25, 0.3) is 0 Å². The summed E-state index contributed by atoms with van der Waals surface area (Å²) in [4.78, 5) is 10.5. The van der Waals surface area contributed by atoms with Gasteiger partial charge in [0, 0.05) is 17.0 Å². The van der Waals surface area contributed by atoms with E-state index < -0.39 is 28.8 Å². The summed E-state index contributed by atoms with van der Waals surface area (Å²) in [6.07, 6.45) is 0. The summed E-state index contributed by atoms with van der Waals surface area (Å²) in [6, 6.07) is 1.35. The minimum absolute atomic E-state index is 0.131. The molecule has 0 aliphatic rings. The Kier molecular flexibility index (Phi) is 3.08. The summed E-state index contributed by atoms with van der Waals surface area (Å²) in [6.45, 7) is 0.604. The van der Waals surface area contributed by atoms with Crippen molar-refractivity contribution >= 4 is 21.9 Å². The number of carbonyl (C=O) groups is 1. The molecule has 0 bridgehead atoms. The van der Waals surface area contributed by atoms with Gasteiger partial charge in [-0.05, 0) is 12.1 Å². The monoisotopic (exact) mass is 282 g/mol. The van der Waals surface area contributed by atoms with Crippen LogP contribution in [0.3, 0.4) is 0 Å². The van der Waals surface area contributed by atoms with Gasteiger partial charge in [0.15, 0.2) is 0 Å². The zero-order valence-electron chi connectivity index (χ0n) is 7.52. The Morgan fingerprint density at radius 2 is 2.00 bits per heavy atom. The lowest BCUT2D eigenvalue weighted by molar-refractivity contribution is 0.0162. The lowest BCUT2D eigenvalue weighted by Crippen LogP contribution is -2.11. The number of carboxylic acids is 1. The predicted molar refractivity (Wildman–Crippen MR) is 50.6 cm³/mol. The molecule has 0 amide bonds.